The maximum absolute atomic E-state index is 4.90. The topological polar surface area (TPSA) is 74.8 Å². The molecule has 4 aromatic heterocycles. The van der Waals surface area contributed by atoms with Crippen LogP contribution in [-0.4, -0.2) is 34.1 Å². The molecule has 5 aromatic rings. The molecular weight excluding hydrogens is 448 g/mol. The van der Waals surface area contributed by atoms with Crippen LogP contribution in [0.5, 0.6) is 0 Å². The highest BCUT2D eigenvalue weighted by atomic mass is 32.1. The quantitative estimate of drug-likeness (QED) is 0.283. The summed E-state index contributed by atoms with van der Waals surface area (Å²) in [7, 11) is 0. The van der Waals surface area contributed by atoms with Gasteiger partial charge in [0.1, 0.15) is 11.6 Å². The van der Waals surface area contributed by atoms with Gasteiger partial charge in [-0.25, -0.2) is 15.0 Å². The summed E-state index contributed by atoms with van der Waals surface area (Å²) in [5.41, 5.74) is 5.34. The fraction of sp³-hybridized carbons (Fsp3) is 0.160. The molecule has 0 saturated carbocycles. The Morgan fingerprint density at radius 2 is 1.88 bits per heavy atom. The molecule has 1 aliphatic heterocycles. The minimum atomic E-state index is 0.393. The average molecular weight is 471 g/mol. The van der Waals surface area contributed by atoms with Crippen LogP contribution in [0.15, 0.2) is 70.9 Å². The van der Waals surface area contributed by atoms with Gasteiger partial charge in [-0.15, -0.1) is 11.3 Å². The first-order valence-electron chi connectivity index (χ1n) is 10.9. The monoisotopic (exact) mass is 470 g/mol. The van der Waals surface area contributed by atoms with E-state index in [2.05, 4.69) is 73.5 Å². The SMILES string of the molecule is c1cc(-c2nc(NC3CCNC3)c3sccc3n2)cc(Nc2ccc(-c3ccsc3)cc2)n1. The van der Waals surface area contributed by atoms with Crippen molar-refractivity contribution in [1.29, 1.82) is 0 Å². The number of fused-ring (bicyclic) bond motifs is 1. The number of hydrogen-bond acceptors (Lipinski definition) is 8. The molecular formula is C25H22N6S2. The van der Waals surface area contributed by atoms with Crippen molar-refractivity contribution < 1.29 is 0 Å². The molecule has 5 heterocycles. The predicted molar refractivity (Wildman–Crippen MR) is 139 cm³/mol. The van der Waals surface area contributed by atoms with Crippen molar-refractivity contribution in [2.75, 3.05) is 23.7 Å². The van der Waals surface area contributed by atoms with Crippen LogP contribution in [0.1, 0.15) is 6.42 Å². The van der Waals surface area contributed by atoms with Gasteiger partial charge < -0.3 is 16.0 Å². The molecule has 8 heteroatoms. The molecule has 3 N–H and O–H groups in total. The summed E-state index contributed by atoms with van der Waals surface area (Å²) in [6.07, 6.45) is 2.90. The van der Waals surface area contributed by atoms with Gasteiger partial charge in [0.05, 0.1) is 10.2 Å². The zero-order valence-electron chi connectivity index (χ0n) is 17.8. The minimum absolute atomic E-state index is 0.393. The standard InChI is InChI=1S/C25H22N6S2/c1-3-19(4-2-16(1)18-7-11-32-15-18)28-22-13-17(5-10-27-22)24-30-21-8-12-33-23(21)25(31-24)29-20-6-9-26-14-20/h1-5,7-8,10-13,15,20,26H,6,9,14H2,(H,27,28)(H,29,30,31). The maximum atomic E-state index is 4.90. The van der Waals surface area contributed by atoms with E-state index in [1.807, 2.05) is 12.1 Å². The number of nitrogens with one attached hydrogen (secondary N) is 3. The van der Waals surface area contributed by atoms with Gasteiger partial charge in [0.2, 0.25) is 0 Å². The summed E-state index contributed by atoms with van der Waals surface area (Å²) < 4.78 is 1.10. The molecule has 33 heavy (non-hydrogen) atoms. The van der Waals surface area contributed by atoms with Crippen molar-refractivity contribution in [3.63, 3.8) is 0 Å². The summed E-state index contributed by atoms with van der Waals surface area (Å²) >= 11 is 3.38. The van der Waals surface area contributed by atoms with Crippen LogP contribution >= 0.6 is 22.7 Å². The minimum Gasteiger partial charge on any atom is -0.365 e. The second-order valence-corrected chi connectivity index (χ2v) is 9.71. The number of pyridine rings is 1. The lowest BCUT2D eigenvalue weighted by molar-refractivity contribution is 0.789. The van der Waals surface area contributed by atoms with E-state index in [9.17, 15) is 0 Å². The van der Waals surface area contributed by atoms with Gasteiger partial charge in [-0.1, -0.05) is 12.1 Å². The molecule has 1 unspecified atom stereocenters. The first kappa shape index (κ1) is 20.3. The number of nitrogens with zero attached hydrogens (tertiary/aromatic N) is 3. The van der Waals surface area contributed by atoms with Crippen LogP contribution in [0, 0.1) is 0 Å². The third kappa shape index (κ3) is 4.32. The molecule has 0 amide bonds. The molecule has 1 aliphatic rings. The number of anilines is 3. The van der Waals surface area contributed by atoms with E-state index in [1.165, 1.54) is 11.1 Å². The van der Waals surface area contributed by atoms with Gasteiger partial charge in [0, 0.05) is 30.0 Å². The van der Waals surface area contributed by atoms with E-state index in [1.54, 1.807) is 28.9 Å². The van der Waals surface area contributed by atoms with Crippen molar-refractivity contribution in [1.82, 2.24) is 20.3 Å². The fourth-order valence-electron chi connectivity index (χ4n) is 4.02. The summed E-state index contributed by atoms with van der Waals surface area (Å²) in [4.78, 5) is 14.2. The normalized spacial score (nSPS) is 15.7. The number of rotatable bonds is 6. The summed E-state index contributed by atoms with van der Waals surface area (Å²) in [6, 6.07) is 16.9. The smallest absolute Gasteiger partial charge is 0.162 e. The Morgan fingerprint density at radius 1 is 0.939 bits per heavy atom. The second-order valence-electron chi connectivity index (χ2n) is 8.01. The second kappa shape index (κ2) is 8.90. The summed E-state index contributed by atoms with van der Waals surface area (Å²) in [5, 5.41) is 16.8. The third-order valence-corrected chi connectivity index (χ3v) is 7.33. The predicted octanol–water partition coefficient (Wildman–Crippen LogP) is 6.00. The van der Waals surface area contributed by atoms with Gasteiger partial charge in [-0.2, -0.15) is 11.3 Å². The van der Waals surface area contributed by atoms with Crippen molar-refractivity contribution in [2.24, 2.45) is 0 Å². The highest BCUT2D eigenvalue weighted by Crippen LogP contribution is 2.31. The highest BCUT2D eigenvalue weighted by Gasteiger charge is 2.18. The molecule has 1 aromatic carbocycles. The number of aromatic nitrogens is 3. The molecule has 6 rings (SSSR count). The molecule has 164 valence electrons. The van der Waals surface area contributed by atoms with Crippen molar-refractivity contribution in [3.8, 4) is 22.5 Å². The van der Waals surface area contributed by atoms with Crippen LogP contribution in [0.2, 0.25) is 0 Å². The highest BCUT2D eigenvalue weighted by molar-refractivity contribution is 7.17. The van der Waals surface area contributed by atoms with Crippen LogP contribution in [0.4, 0.5) is 17.3 Å². The molecule has 6 nitrogen and oxygen atoms in total. The molecule has 1 saturated heterocycles. The Labute approximate surface area is 199 Å². The Kier molecular flexibility index (Phi) is 5.47. The lowest BCUT2D eigenvalue weighted by Gasteiger charge is -2.14. The van der Waals surface area contributed by atoms with E-state index in [0.717, 1.165) is 52.6 Å². The van der Waals surface area contributed by atoms with Gasteiger partial charge in [-0.05, 0) is 76.6 Å². The molecule has 0 radical (unpaired) electrons. The molecule has 0 aliphatic carbocycles. The first-order valence-corrected chi connectivity index (χ1v) is 12.7. The number of benzene rings is 1. The van der Waals surface area contributed by atoms with Gasteiger partial charge in [0.15, 0.2) is 5.82 Å². The molecule has 0 spiro atoms. The fourth-order valence-corrected chi connectivity index (χ4v) is 5.47. The third-order valence-electron chi connectivity index (χ3n) is 5.73. The molecule has 1 fully saturated rings. The van der Waals surface area contributed by atoms with E-state index in [-0.39, 0.29) is 0 Å². The molecule has 1 atom stereocenters. The Bertz CT molecular complexity index is 1370. The maximum Gasteiger partial charge on any atom is 0.162 e. The lowest BCUT2D eigenvalue weighted by Crippen LogP contribution is -2.22. The van der Waals surface area contributed by atoms with E-state index < -0.39 is 0 Å². The van der Waals surface area contributed by atoms with E-state index >= 15 is 0 Å². The summed E-state index contributed by atoms with van der Waals surface area (Å²) in [6.45, 7) is 2.00. The number of thiophene rings is 2. The number of hydrogen-bond donors (Lipinski definition) is 3. The Hall–Kier alpha value is -3.33. The van der Waals surface area contributed by atoms with Gasteiger partial charge >= 0.3 is 0 Å². The van der Waals surface area contributed by atoms with Crippen LogP contribution in [0.3, 0.4) is 0 Å². The van der Waals surface area contributed by atoms with Crippen LogP contribution in [-0.2, 0) is 0 Å². The van der Waals surface area contributed by atoms with E-state index in [0.29, 0.717) is 11.9 Å². The first-order chi connectivity index (χ1) is 16.3. The van der Waals surface area contributed by atoms with Crippen molar-refractivity contribution in [2.45, 2.75) is 12.5 Å². The zero-order chi connectivity index (χ0) is 22.0. The van der Waals surface area contributed by atoms with Gasteiger partial charge in [0.25, 0.3) is 0 Å². The van der Waals surface area contributed by atoms with E-state index in [4.69, 9.17) is 9.97 Å². The molecule has 0 bridgehead atoms. The van der Waals surface area contributed by atoms with Crippen LogP contribution in [0.25, 0.3) is 32.7 Å². The largest absolute Gasteiger partial charge is 0.365 e. The van der Waals surface area contributed by atoms with Crippen molar-refractivity contribution in [3.05, 3.63) is 70.9 Å². The Balaban J connectivity index is 1.27. The van der Waals surface area contributed by atoms with Crippen molar-refractivity contribution >= 4 is 50.2 Å². The summed E-state index contributed by atoms with van der Waals surface area (Å²) in [5.74, 6) is 2.38. The average Bonchev–Trinajstić information content (AvgIpc) is 3.62. The van der Waals surface area contributed by atoms with Crippen LogP contribution < -0.4 is 16.0 Å². The Morgan fingerprint density at radius 3 is 2.70 bits per heavy atom. The van der Waals surface area contributed by atoms with Gasteiger partial charge in [-0.3, -0.25) is 0 Å². The lowest BCUT2D eigenvalue weighted by atomic mass is 10.1. The zero-order valence-corrected chi connectivity index (χ0v) is 19.4.